The molecule has 1 aromatic carbocycles. The monoisotopic (exact) mass is 260 g/mol. The Hall–Kier alpha value is -1.84. The fraction of sp³-hybridized carbons (Fsp3) is 0.467. The van der Waals surface area contributed by atoms with E-state index < -0.39 is 0 Å². The lowest BCUT2D eigenvalue weighted by Gasteiger charge is -2.37. The van der Waals surface area contributed by atoms with E-state index in [1.807, 2.05) is 32.0 Å². The fourth-order valence-corrected chi connectivity index (χ4v) is 2.33. The number of amides is 2. The maximum Gasteiger partial charge on any atom is 0.254 e. The average Bonchev–Trinajstić information content (AvgIpc) is 2.39. The molecule has 4 heteroatoms. The highest BCUT2D eigenvalue weighted by atomic mass is 16.2. The molecule has 102 valence electrons. The smallest absolute Gasteiger partial charge is 0.254 e. The van der Waals surface area contributed by atoms with Crippen LogP contribution >= 0.6 is 0 Å². The van der Waals surface area contributed by atoms with E-state index in [1.165, 1.54) is 5.56 Å². The summed E-state index contributed by atoms with van der Waals surface area (Å²) in [5, 5.41) is 0. The van der Waals surface area contributed by atoms with Crippen molar-refractivity contribution in [2.75, 3.05) is 20.1 Å². The Labute approximate surface area is 114 Å². The van der Waals surface area contributed by atoms with Crippen LogP contribution in [-0.2, 0) is 4.79 Å². The molecule has 1 fully saturated rings. The second kappa shape index (κ2) is 5.03. The predicted octanol–water partition coefficient (Wildman–Crippen LogP) is 1.61. The lowest BCUT2D eigenvalue weighted by atomic mass is 10.0. The first-order valence-corrected chi connectivity index (χ1v) is 6.55. The van der Waals surface area contributed by atoms with Gasteiger partial charge in [0, 0.05) is 25.7 Å². The molecule has 0 saturated carbocycles. The number of piperazine rings is 1. The third-order valence-electron chi connectivity index (χ3n) is 3.89. The second-order valence-electron chi connectivity index (χ2n) is 5.23. The SMILES string of the molecule is Cc1ccc(C(=O)N2CCN(C)C(=O)C2C)cc1C. The molecule has 0 aromatic heterocycles. The molecule has 1 aliphatic rings. The molecule has 0 bridgehead atoms. The highest BCUT2D eigenvalue weighted by Crippen LogP contribution is 2.16. The summed E-state index contributed by atoms with van der Waals surface area (Å²) in [6, 6.07) is 5.30. The number of carbonyl (C=O) groups excluding carboxylic acids is 2. The van der Waals surface area contributed by atoms with Crippen LogP contribution in [0, 0.1) is 13.8 Å². The number of hydrogen-bond acceptors (Lipinski definition) is 2. The second-order valence-corrected chi connectivity index (χ2v) is 5.23. The van der Waals surface area contributed by atoms with E-state index in [9.17, 15) is 9.59 Å². The van der Waals surface area contributed by atoms with Crippen molar-refractivity contribution < 1.29 is 9.59 Å². The molecule has 0 N–H and O–H groups in total. The van der Waals surface area contributed by atoms with Crippen LogP contribution in [0.25, 0.3) is 0 Å². The molecule has 1 atom stereocenters. The molecule has 1 aromatic rings. The summed E-state index contributed by atoms with van der Waals surface area (Å²) in [6.07, 6.45) is 0. The maximum atomic E-state index is 12.5. The van der Waals surface area contributed by atoms with E-state index in [-0.39, 0.29) is 17.9 Å². The Morgan fingerprint density at radius 2 is 1.89 bits per heavy atom. The molecule has 2 rings (SSSR count). The molecule has 0 radical (unpaired) electrons. The summed E-state index contributed by atoms with van der Waals surface area (Å²) in [7, 11) is 1.77. The Morgan fingerprint density at radius 3 is 2.53 bits per heavy atom. The van der Waals surface area contributed by atoms with Crippen LogP contribution in [0.5, 0.6) is 0 Å². The van der Waals surface area contributed by atoms with Gasteiger partial charge in [-0.05, 0) is 44.0 Å². The summed E-state index contributed by atoms with van der Waals surface area (Å²) in [5.41, 5.74) is 2.92. The average molecular weight is 260 g/mol. The third-order valence-corrected chi connectivity index (χ3v) is 3.89. The number of carbonyl (C=O) groups is 2. The molecule has 4 nitrogen and oxygen atoms in total. The van der Waals surface area contributed by atoms with Gasteiger partial charge in [-0.25, -0.2) is 0 Å². The number of likely N-dealkylation sites (N-methyl/N-ethyl adjacent to an activating group) is 1. The number of aryl methyl sites for hydroxylation is 2. The molecule has 1 aliphatic heterocycles. The zero-order valence-corrected chi connectivity index (χ0v) is 11.9. The van der Waals surface area contributed by atoms with Crippen molar-refractivity contribution >= 4 is 11.8 Å². The highest BCUT2D eigenvalue weighted by Gasteiger charge is 2.32. The van der Waals surface area contributed by atoms with Gasteiger partial charge in [-0.1, -0.05) is 6.07 Å². The highest BCUT2D eigenvalue weighted by molar-refractivity contribution is 5.98. The fourth-order valence-electron chi connectivity index (χ4n) is 2.33. The van der Waals surface area contributed by atoms with Gasteiger partial charge >= 0.3 is 0 Å². The van der Waals surface area contributed by atoms with Crippen LogP contribution in [0.3, 0.4) is 0 Å². The molecule has 1 saturated heterocycles. The molecular formula is C15H20N2O2. The van der Waals surface area contributed by atoms with Gasteiger partial charge in [0.2, 0.25) is 5.91 Å². The van der Waals surface area contributed by atoms with Crippen molar-refractivity contribution in [3.05, 3.63) is 34.9 Å². The Kier molecular flexibility index (Phi) is 3.60. The minimum atomic E-state index is -0.382. The maximum absolute atomic E-state index is 12.5. The summed E-state index contributed by atoms with van der Waals surface area (Å²) in [6.45, 7) is 6.99. The first kappa shape index (κ1) is 13.6. The third kappa shape index (κ3) is 2.48. The first-order valence-electron chi connectivity index (χ1n) is 6.55. The predicted molar refractivity (Wildman–Crippen MR) is 74.1 cm³/mol. The molecule has 1 unspecified atom stereocenters. The van der Waals surface area contributed by atoms with Crippen molar-refractivity contribution in [1.29, 1.82) is 0 Å². The lowest BCUT2D eigenvalue weighted by Crippen LogP contribution is -2.56. The molecule has 0 aliphatic carbocycles. The van der Waals surface area contributed by atoms with Gasteiger partial charge in [0.1, 0.15) is 6.04 Å². The Morgan fingerprint density at radius 1 is 1.21 bits per heavy atom. The first-order chi connectivity index (χ1) is 8.91. The van der Waals surface area contributed by atoms with E-state index in [1.54, 1.807) is 23.8 Å². The summed E-state index contributed by atoms with van der Waals surface area (Å²) in [4.78, 5) is 27.7. The van der Waals surface area contributed by atoms with E-state index in [0.29, 0.717) is 18.7 Å². The van der Waals surface area contributed by atoms with Crippen LogP contribution in [0.2, 0.25) is 0 Å². The molecule has 2 amide bonds. The van der Waals surface area contributed by atoms with Crippen molar-refractivity contribution in [3.63, 3.8) is 0 Å². The normalized spacial score (nSPS) is 19.8. The zero-order valence-electron chi connectivity index (χ0n) is 11.9. The molecule has 19 heavy (non-hydrogen) atoms. The van der Waals surface area contributed by atoms with Gasteiger partial charge in [-0.3, -0.25) is 9.59 Å². The van der Waals surface area contributed by atoms with Crippen LogP contribution in [0.4, 0.5) is 0 Å². The topological polar surface area (TPSA) is 40.6 Å². The molecule has 0 spiro atoms. The van der Waals surface area contributed by atoms with Gasteiger partial charge < -0.3 is 9.80 Å². The van der Waals surface area contributed by atoms with E-state index >= 15 is 0 Å². The van der Waals surface area contributed by atoms with Crippen molar-refractivity contribution in [1.82, 2.24) is 9.80 Å². The van der Waals surface area contributed by atoms with E-state index in [0.717, 1.165) is 5.56 Å². The van der Waals surface area contributed by atoms with Gasteiger partial charge in [0.15, 0.2) is 0 Å². The number of benzene rings is 1. The summed E-state index contributed by atoms with van der Waals surface area (Å²) in [5.74, 6) is -0.0551. The van der Waals surface area contributed by atoms with Gasteiger partial charge in [-0.2, -0.15) is 0 Å². The minimum Gasteiger partial charge on any atom is -0.342 e. The van der Waals surface area contributed by atoms with Crippen LogP contribution in [0.15, 0.2) is 18.2 Å². The molecular weight excluding hydrogens is 240 g/mol. The lowest BCUT2D eigenvalue weighted by molar-refractivity contribution is -0.137. The zero-order chi connectivity index (χ0) is 14.2. The number of nitrogens with zero attached hydrogens (tertiary/aromatic N) is 2. The standard InChI is InChI=1S/C15H20N2O2/c1-10-5-6-13(9-11(10)2)15(19)17-8-7-16(4)14(18)12(17)3/h5-6,9,12H,7-8H2,1-4H3. The largest absolute Gasteiger partial charge is 0.342 e. The quantitative estimate of drug-likeness (QED) is 0.769. The Bertz CT molecular complexity index is 525. The molecule has 1 heterocycles. The Balaban J connectivity index is 2.24. The van der Waals surface area contributed by atoms with Gasteiger partial charge in [-0.15, -0.1) is 0 Å². The van der Waals surface area contributed by atoms with Crippen molar-refractivity contribution in [3.8, 4) is 0 Å². The van der Waals surface area contributed by atoms with E-state index in [2.05, 4.69) is 0 Å². The minimum absolute atomic E-state index is 0.00318. The summed E-state index contributed by atoms with van der Waals surface area (Å²) < 4.78 is 0. The van der Waals surface area contributed by atoms with Crippen LogP contribution in [-0.4, -0.2) is 47.8 Å². The van der Waals surface area contributed by atoms with Crippen LogP contribution in [0.1, 0.15) is 28.4 Å². The summed E-state index contributed by atoms with van der Waals surface area (Å²) >= 11 is 0. The van der Waals surface area contributed by atoms with Crippen molar-refractivity contribution in [2.45, 2.75) is 26.8 Å². The number of rotatable bonds is 1. The van der Waals surface area contributed by atoms with Crippen molar-refractivity contribution in [2.24, 2.45) is 0 Å². The van der Waals surface area contributed by atoms with Gasteiger partial charge in [0.25, 0.3) is 5.91 Å². The van der Waals surface area contributed by atoms with Crippen LogP contribution < -0.4 is 0 Å². The van der Waals surface area contributed by atoms with Gasteiger partial charge in [0.05, 0.1) is 0 Å². The van der Waals surface area contributed by atoms with E-state index in [4.69, 9.17) is 0 Å². The number of hydrogen-bond donors (Lipinski definition) is 0.